The molecule has 0 aromatic heterocycles. The number of hydrogen-bond donors (Lipinski definition) is 0. The van der Waals surface area contributed by atoms with Crippen molar-refractivity contribution in [3.8, 4) is 0 Å². The third-order valence-electron chi connectivity index (χ3n) is 2.84. The average Bonchev–Trinajstić information content (AvgIpc) is 1.98. The van der Waals surface area contributed by atoms with Crippen LogP contribution in [0.25, 0.3) is 0 Å². The Balaban J connectivity index is 2.82. The Labute approximate surface area is 78.5 Å². The molecule has 74 valence electrons. The van der Waals surface area contributed by atoms with Crippen molar-refractivity contribution in [1.29, 1.82) is 0 Å². The van der Waals surface area contributed by atoms with Crippen LogP contribution in [0.15, 0.2) is 0 Å². The fraction of sp³-hybridized carbons (Fsp3) is 0.800. The van der Waals surface area contributed by atoms with Gasteiger partial charge in [0.25, 0.3) is 0 Å². The number of hydrogen-bond acceptors (Lipinski definition) is 3. The molecule has 0 radical (unpaired) electrons. The van der Waals surface area contributed by atoms with Gasteiger partial charge in [-0.25, -0.2) is 0 Å². The molecule has 0 aromatic carbocycles. The van der Waals surface area contributed by atoms with Crippen LogP contribution in [0.5, 0.6) is 0 Å². The van der Waals surface area contributed by atoms with Gasteiger partial charge in [-0.15, -0.1) is 0 Å². The predicted molar refractivity (Wildman–Crippen MR) is 48.2 cm³/mol. The van der Waals surface area contributed by atoms with Crippen molar-refractivity contribution in [1.82, 2.24) is 0 Å². The SMILES string of the molecule is CC(=O)[C@@]1(C)CCC(C)(C)C(=O)O1. The molecule has 0 aliphatic carbocycles. The van der Waals surface area contributed by atoms with Gasteiger partial charge in [0.05, 0.1) is 5.41 Å². The smallest absolute Gasteiger partial charge is 0.312 e. The molecule has 1 saturated heterocycles. The van der Waals surface area contributed by atoms with Crippen LogP contribution in [-0.2, 0) is 14.3 Å². The lowest BCUT2D eigenvalue weighted by molar-refractivity contribution is -0.183. The van der Waals surface area contributed by atoms with Crippen LogP contribution >= 0.6 is 0 Å². The Bertz CT molecular complexity index is 255. The molecular formula is C10H16O3. The van der Waals surface area contributed by atoms with Gasteiger partial charge in [0.1, 0.15) is 0 Å². The number of ether oxygens (including phenoxy) is 1. The van der Waals surface area contributed by atoms with Crippen molar-refractivity contribution < 1.29 is 14.3 Å². The van der Waals surface area contributed by atoms with Crippen molar-refractivity contribution >= 4 is 11.8 Å². The maximum Gasteiger partial charge on any atom is 0.312 e. The Morgan fingerprint density at radius 1 is 1.31 bits per heavy atom. The number of rotatable bonds is 1. The van der Waals surface area contributed by atoms with Crippen LogP contribution in [-0.4, -0.2) is 17.4 Å². The van der Waals surface area contributed by atoms with E-state index in [1.165, 1.54) is 6.92 Å². The minimum absolute atomic E-state index is 0.0728. The Morgan fingerprint density at radius 2 is 1.85 bits per heavy atom. The van der Waals surface area contributed by atoms with Crippen LogP contribution in [0.1, 0.15) is 40.5 Å². The molecule has 3 nitrogen and oxygen atoms in total. The summed E-state index contributed by atoms with van der Waals surface area (Å²) in [5.41, 5.74) is -1.32. The van der Waals surface area contributed by atoms with E-state index >= 15 is 0 Å². The minimum atomic E-state index is -0.882. The van der Waals surface area contributed by atoms with Gasteiger partial charge in [0.2, 0.25) is 0 Å². The zero-order valence-electron chi connectivity index (χ0n) is 8.64. The number of cyclic esters (lactones) is 1. The highest BCUT2D eigenvalue weighted by atomic mass is 16.6. The van der Waals surface area contributed by atoms with E-state index in [0.717, 1.165) is 0 Å². The molecule has 1 atom stereocenters. The van der Waals surface area contributed by atoms with Crippen molar-refractivity contribution in [3.63, 3.8) is 0 Å². The average molecular weight is 184 g/mol. The summed E-state index contributed by atoms with van der Waals surface area (Å²) >= 11 is 0. The lowest BCUT2D eigenvalue weighted by atomic mass is 9.79. The molecule has 3 heteroatoms. The number of Topliss-reactive ketones (excluding diaryl/α,β-unsaturated/α-hetero) is 1. The standard InChI is InChI=1S/C10H16O3/c1-7(11)10(4)6-5-9(2,3)8(12)13-10/h5-6H2,1-4H3/t10-/m1/s1. The van der Waals surface area contributed by atoms with Gasteiger partial charge in [-0.1, -0.05) is 0 Å². The van der Waals surface area contributed by atoms with E-state index in [1.54, 1.807) is 6.92 Å². The first kappa shape index (κ1) is 10.2. The van der Waals surface area contributed by atoms with Gasteiger partial charge in [-0.2, -0.15) is 0 Å². The summed E-state index contributed by atoms with van der Waals surface area (Å²) in [6, 6.07) is 0. The van der Waals surface area contributed by atoms with Crippen LogP contribution in [0.3, 0.4) is 0 Å². The number of esters is 1. The first-order chi connectivity index (χ1) is 5.78. The van der Waals surface area contributed by atoms with Gasteiger partial charge in [0, 0.05) is 0 Å². The summed E-state index contributed by atoms with van der Waals surface area (Å²) in [4.78, 5) is 22.7. The normalized spacial score (nSPS) is 32.5. The highest BCUT2D eigenvalue weighted by Gasteiger charge is 2.45. The Kier molecular flexibility index (Phi) is 2.22. The summed E-state index contributed by atoms with van der Waals surface area (Å²) < 4.78 is 5.16. The van der Waals surface area contributed by atoms with Gasteiger partial charge < -0.3 is 4.74 Å². The largest absolute Gasteiger partial charge is 0.451 e. The molecule has 0 aromatic rings. The second-order valence-corrected chi connectivity index (χ2v) is 4.56. The molecule has 0 bridgehead atoms. The van der Waals surface area contributed by atoms with Gasteiger partial charge in [-0.05, 0) is 40.5 Å². The summed E-state index contributed by atoms with van der Waals surface area (Å²) in [5, 5.41) is 0. The minimum Gasteiger partial charge on any atom is -0.451 e. The topological polar surface area (TPSA) is 43.4 Å². The Morgan fingerprint density at radius 3 is 2.23 bits per heavy atom. The maximum atomic E-state index is 11.5. The Hall–Kier alpha value is -0.860. The molecular weight excluding hydrogens is 168 g/mol. The molecule has 13 heavy (non-hydrogen) atoms. The van der Waals surface area contributed by atoms with Crippen LogP contribution < -0.4 is 0 Å². The number of ketones is 1. The molecule has 1 aliphatic heterocycles. The van der Waals surface area contributed by atoms with Crippen molar-refractivity contribution in [2.45, 2.75) is 46.1 Å². The molecule has 0 N–H and O–H groups in total. The zero-order chi connectivity index (χ0) is 10.3. The second-order valence-electron chi connectivity index (χ2n) is 4.56. The van der Waals surface area contributed by atoms with E-state index in [1.807, 2.05) is 13.8 Å². The summed E-state index contributed by atoms with van der Waals surface area (Å²) in [5.74, 6) is -0.340. The molecule has 0 saturated carbocycles. The molecule has 1 heterocycles. The quantitative estimate of drug-likeness (QED) is 0.582. The third-order valence-corrected chi connectivity index (χ3v) is 2.84. The third kappa shape index (κ3) is 1.74. The van der Waals surface area contributed by atoms with Gasteiger partial charge in [-0.3, -0.25) is 9.59 Å². The van der Waals surface area contributed by atoms with Crippen molar-refractivity contribution in [2.75, 3.05) is 0 Å². The van der Waals surface area contributed by atoms with Crippen LogP contribution in [0.2, 0.25) is 0 Å². The second kappa shape index (κ2) is 2.82. The lowest BCUT2D eigenvalue weighted by Gasteiger charge is -2.38. The molecule has 1 aliphatic rings. The van der Waals surface area contributed by atoms with Crippen LogP contribution in [0, 0.1) is 5.41 Å². The van der Waals surface area contributed by atoms with Gasteiger partial charge >= 0.3 is 5.97 Å². The number of carbonyl (C=O) groups excluding carboxylic acids is 2. The monoisotopic (exact) mass is 184 g/mol. The summed E-state index contributed by atoms with van der Waals surface area (Å²) in [7, 11) is 0. The molecule has 0 amide bonds. The summed E-state index contributed by atoms with van der Waals surface area (Å²) in [6.07, 6.45) is 1.34. The van der Waals surface area contributed by atoms with Crippen LogP contribution in [0.4, 0.5) is 0 Å². The van der Waals surface area contributed by atoms with Crippen molar-refractivity contribution in [3.05, 3.63) is 0 Å². The summed E-state index contributed by atoms with van der Waals surface area (Å²) in [6.45, 7) is 6.83. The van der Waals surface area contributed by atoms with E-state index < -0.39 is 11.0 Å². The van der Waals surface area contributed by atoms with E-state index in [-0.39, 0.29) is 11.8 Å². The van der Waals surface area contributed by atoms with E-state index in [0.29, 0.717) is 12.8 Å². The molecule has 0 spiro atoms. The highest BCUT2D eigenvalue weighted by Crippen LogP contribution is 2.36. The lowest BCUT2D eigenvalue weighted by Crippen LogP contribution is -2.48. The maximum absolute atomic E-state index is 11.5. The van der Waals surface area contributed by atoms with E-state index in [4.69, 9.17) is 4.74 Å². The molecule has 1 rings (SSSR count). The first-order valence-electron chi connectivity index (χ1n) is 4.52. The van der Waals surface area contributed by atoms with Crippen molar-refractivity contribution in [2.24, 2.45) is 5.41 Å². The molecule has 0 unspecified atom stereocenters. The fourth-order valence-corrected chi connectivity index (χ4v) is 1.29. The first-order valence-corrected chi connectivity index (χ1v) is 4.52. The zero-order valence-corrected chi connectivity index (χ0v) is 8.64. The number of carbonyl (C=O) groups is 2. The van der Waals surface area contributed by atoms with Gasteiger partial charge in [0.15, 0.2) is 11.4 Å². The fourth-order valence-electron chi connectivity index (χ4n) is 1.29. The van der Waals surface area contributed by atoms with E-state index in [2.05, 4.69) is 0 Å². The molecule has 1 fully saturated rings. The highest BCUT2D eigenvalue weighted by molar-refractivity contribution is 5.89. The van der Waals surface area contributed by atoms with E-state index in [9.17, 15) is 9.59 Å². The predicted octanol–water partition coefficient (Wildman–Crippen LogP) is 1.70.